The molecule has 0 radical (unpaired) electrons. The Kier molecular flexibility index (Phi) is 14.0. The van der Waals surface area contributed by atoms with Gasteiger partial charge < -0.3 is 29.6 Å². The van der Waals surface area contributed by atoms with Crippen LogP contribution in [-0.2, 0) is 41.8 Å². The van der Waals surface area contributed by atoms with E-state index in [2.05, 4.69) is 10.6 Å². The van der Waals surface area contributed by atoms with E-state index in [1.165, 1.54) is 21.6 Å². The molecule has 0 saturated heterocycles. The maximum absolute atomic E-state index is 12.8. The number of hydrogen-bond acceptors (Lipinski definition) is 10. The summed E-state index contributed by atoms with van der Waals surface area (Å²) < 4.78 is 21.5. The molecule has 0 saturated carbocycles. The highest BCUT2D eigenvalue weighted by Gasteiger charge is 2.30. The number of alkyl carbamates (subject to hydrolysis) is 2. The minimum atomic E-state index is -1.02. The summed E-state index contributed by atoms with van der Waals surface area (Å²) in [7, 11) is 2.44. The zero-order valence-corrected chi connectivity index (χ0v) is 26.5. The first-order chi connectivity index (χ1) is 19.7. The van der Waals surface area contributed by atoms with Crippen molar-refractivity contribution in [2.45, 2.75) is 78.0 Å². The van der Waals surface area contributed by atoms with Crippen LogP contribution in [0.3, 0.4) is 0 Å². The quantitative estimate of drug-likeness (QED) is 0.126. The molecule has 0 bridgehead atoms. The number of ether oxygens (including phenoxy) is 4. The van der Waals surface area contributed by atoms with Gasteiger partial charge in [0.15, 0.2) is 0 Å². The first kappa shape index (κ1) is 34.8. The van der Waals surface area contributed by atoms with E-state index < -0.39 is 47.4 Å². The van der Waals surface area contributed by atoms with Crippen LogP contribution in [0.5, 0.6) is 0 Å². The van der Waals surface area contributed by atoms with Crippen molar-refractivity contribution in [2.24, 2.45) is 0 Å². The van der Waals surface area contributed by atoms with Crippen LogP contribution in [0.1, 0.15) is 52.7 Å². The van der Waals surface area contributed by atoms with E-state index in [-0.39, 0.29) is 24.7 Å². The van der Waals surface area contributed by atoms with Crippen LogP contribution < -0.4 is 10.6 Å². The van der Waals surface area contributed by atoms with Gasteiger partial charge in [-0.3, -0.25) is 0 Å². The monoisotopic (exact) mass is 620 g/mol. The highest BCUT2D eigenvalue weighted by Crippen LogP contribution is 2.25. The minimum Gasteiger partial charge on any atom is -0.458 e. The van der Waals surface area contributed by atoms with E-state index in [4.69, 9.17) is 18.9 Å². The Hall–Kier alpha value is -3.38. The summed E-state index contributed by atoms with van der Waals surface area (Å²) in [5.41, 5.74) is 0.0622. The van der Waals surface area contributed by atoms with Gasteiger partial charge in [0.2, 0.25) is 0 Å². The predicted octanol–water partition coefficient (Wildman–Crippen LogP) is 5.64. The van der Waals surface area contributed by atoms with Crippen molar-refractivity contribution in [3.63, 3.8) is 0 Å². The molecule has 0 aliphatic carbocycles. The third kappa shape index (κ3) is 15.0. The van der Waals surface area contributed by atoms with Crippen LogP contribution >= 0.6 is 21.6 Å². The molecule has 0 fully saturated rings. The van der Waals surface area contributed by atoms with Crippen LogP contribution in [-0.4, -0.2) is 58.9 Å². The molecule has 2 N–H and O–H groups in total. The zero-order chi connectivity index (χ0) is 31.2. The lowest BCUT2D eigenvalue weighted by atomic mass is 10.2. The van der Waals surface area contributed by atoms with E-state index in [0.29, 0.717) is 0 Å². The zero-order valence-electron chi connectivity index (χ0n) is 24.8. The van der Waals surface area contributed by atoms with Gasteiger partial charge >= 0.3 is 24.1 Å². The fraction of sp³-hybridized carbons (Fsp3) is 0.467. The average molecular weight is 621 g/mol. The predicted molar refractivity (Wildman–Crippen MR) is 164 cm³/mol. The van der Waals surface area contributed by atoms with Gasteiger partial charge in [-0.2, -0.15) is 0 Å². The molecule has 10 nitrogen and oxygen atoms in total. The molecule has 12 heteroatoms. The molecule has 0 heterocycles. The standard InChI is InChI=1S/C30H40N2O8S2/c1-29(2,3)39-25(33)23(31-27(35)37-17-21-13-9-7-10-14-21)19-41-42-20-24(26(34)40-30(4,5)6)32-28(36)38-18-22-15-11-8-12-16-22/h7-16,23-24H,17-20H2,1-6H3,(H,31,35)(H,32,36)/t23-,24-/m1/s1. The average Bonchev–Trinajstić information content (AvgIpc) is 2.91. The second kappa shape index (κ2) is 16.9. The van der Waals surface area contributed by atoms with Gasteiger partial charge in [0.25, 0.3) is 0 Å². The van der Waals surface area contributed by atoms with Crippen LogP contribution in [0.4, 0.5) is 9.59 Å². The molecule has 0 aromatic heterocycles. The van der Waals surface area contributed by atoms with Crippen LogP contribution in [0, 0.1) is 0 Å². The van der Waals surface area contributed by atoms with E-state index in [0.717, 1.165) is 11.1 Å². The van der Waals surface area contributed by atoms with Crippen molar-refractivity contribution in [3.05, 3.63) is 71.8 Å². The SMILES string of the molecule is CC(C)(C)OC(=O)[C@@H](CSSC[C@@H](NC(=O)OCc1ccccc1)C(=O)OC(C)(C)C)NC(=O)OCc1ccccc1. The molecular weight excluding hydrogens is 580 g/mol. The molecule has 2 aromatic carbocycles. The van der Waals surface area contributed by atoms with Crippen molar-refractivity contribution >= 4 is 45.7 Å². The van der Waals surface area contributed by atoms with E-state index in [1.54, 1.807) is 41.5 Å². The van der Waals surface area contributed by atoms with Crippen molar-refractivity contribution in [1.29, 1.82) is 0 Å². The van der Waals surface area contributed by atoms with Gasteiger partial charge in [-0.15, -0.1) is 0 Å². The first-order valence-corrected chi connectivity index (χ1v) is 15.9. The van der Waals surface area contributed by atoms with Gasteiger partial charge in [-0.25, -0.2) is 19.2 Å². The summed E-state index contributed by atoms with van der Waals surface area (Å²) in [5, 5.41) is 5.13. The summed E-state index contributed by atoms with van der Waals surface area (Å²) >= 11 is 0. The molecule has 2 aromatic rings. The fourth-order valence-corrected chi connectivity index (χ4v) is 5.43. The Labute approximate surface area is 255 Å². The van der Waals surface area contributed by atoms with Crippen LogP contribution in [0.2, 0.25) is 0 Å². The molecule has 0 unspecified atom stereocenters. The normalized spacial score (nSPS) is 12.8. The lowest BCUT2D eigenvalue weighted by molar-refractivity contribution is -0.157. The van der Waals surface area contributed by atoms with Crippen LogP contribution in [0.25, 0.3) is 0 Å². The van der Waals surface area contributed by atoms with Gasteiger partial charge in [0.05, 0.1) is 0 Å². The number of esters is 2. The van der Waals surface area contributed by atoms with Crippen molar-refractivity contribution in [1.82, 2.24) is 10.6 Å². The highest BCUT2D eigenvalue weighted by atomic mass is 33.1. The Morgan fingerprint density at radius 3 is 1.26 bits per heavy atom. The molecule has 230 valence electrons. The molecule has 2 atom stereocenters. The van der Waals surface area contributed by atoms with Gasteiger partial charge in [-0.1, -0.05) is 82.3 Å². The number of nitrogens with one attached hydrogen (secondary N) is 2. The van der Waals surface area contributed by atoms with Gasteiger partial charge in [0.1, 0.15) is 36.5 Å². The summed E-state index contributed by atoms with van der Waals surface area (Å²) in [6.45, 7) is 10.4. The number of rotatable bonds is 13. The van der Waals surface area contributed by atoms with Crippen molar-refractivity contribution in [3.8, 4) is 0 Å². The fourth-order valence-electron chi connectivity index (χ4n) is 3.13. The van der Waals surface area contributed by atoms with E-state index in [9.17, 15) is 19.2 Å². The Morgan fingerprint density at radius 2 is 0.952 bits per heavy atom. The van der Waals surface area contributed by atoms with Gasteiger partial charge in [-0.05, 0) is 52.7 Å². The number of carbonyl (C=O) groups excluding carboxylic acids is 4. The first-order valence-electron chi connectivity index (χ1n) is 13.4. The summed E-state index contributed by atoms with van der Waals surface area (Å²) in [5.74, 6) is -1.03. The second-order valence-electron chi connectivity index (χ2n) is 11.2. The highest BCUT2D eigenvalue weighted by molar-refractivity contribution is 8.76. The lowest BCUT2D eigenvalue weighted by Gasteiger charge is -2.25. The van der Waals surface area contributed by atoms with E-state index in [1.807, 2.05) is 60.7 Å². The number of amides is 2. The number of benzene rings is 2. The molecule has 0 aliphatic rings. The smallest absolute Gasteiger partial charge is 0.408 e. The molecule has 2 rings (SSSR count). The second-order valence-corrected chi connectivity index (χ2v) is 13.7. The summed E-state index contributed by atoms with van der Waals surface area (Å²) in [6.07, 6.45) is -1.54. The molecule has 2 amide bonds. The summed E-state index contributed by atoms with van der Waals surface area (Å²) in [4.78, 5) is 50.6. The number of hydrogen-bond donors (Lipinski definition) is 2. The van der Waals surface area contributed by atoms with Crippen molar-refractivity contribution in [2.75, 3.05) is 11.5 Å². The molecule has 0 spiro atoms. The van der Waals surface area contributed by atoms with Crippen LogP contribution in [0.15, 0.2) is 60.7 Å². The Balaban J connectivity index is 1.96. The number of carbonyl (C=O) groups is 4. The summed E-state index contributed by atoms with van der Waals surface area (Å²) in [6, 6.07) is 16.3. The van der Waals surface area contributed by atoms with Gasteiger partial charge in [0, 0.05) is 11.5 Å². The lowest BCUT2D eigenvalue weighted by Crippen LogP contribution is -2.46. The third-order valence-corrected chi connectivity index (χ3v) is 7.37. The maximum Gasteiger partial charge on any atom is 0.408 e. The molecule has 42 heavy (non-hydrogen) atoms. The molecular formula is C30H40N2O8S2. The Bertz CT molecular complexity index is 1060. The Morgan fingerprint density at radius 1 is 0.619 bits per heavy atom. The van der Waals surface area contributed by atoms with E-state index >= 15 is 0 Å². The van der Waals surface area contributed by atoms with Crippen molar-refractivity contribution < 1.29 is 38.1 Å². The minimum absolute atomic E-state index is 0.0409. The topological polar surface area (TPSA) is 129 Å². The maximum atomic E-state index is 12.8. The molecule has 0 aliphatic heterocycles. The largest absolute Gasteiger partial charge is 0.458 e. The third-order valence-electron chi connectivity index (χ3n) is 4.95.